The van der Waals surface area contributed by atoms with Gasteiger partial charge in [-0.05, 0) is 32.0 Å². The highest BCUT2D eigenvalue weighted by Gasteiger charge is 2.32. The van der Waals surface area contributed by atoms with E-state index in [0.717, 1.165) is 38.5 Å². The molecule has 1 aromatic carbocycles. The molecule has 186 valence electrons. The SMILES string of the molecule is [C-]#[N+]c1ccc(N2C[C@@H](C)N(C(=O)Nc3ccnc(F)c3)C[C@@H]2C)cc1OCCN1CCOCC1. The molecule has 0 radical (unpaired) electrons. The minimum Gasteiger partial charge on any atom is -0.503 e. The number of aromatic nitrogens is 1. The van der Waals surface area contributed by atoms with Gasteiger partial charge in [0.15, 0.2) is 0 Å². The molecule has 2 saturated heterocycles. The van der Waals surface area contributed by atoms with E-state index in [4.69, 9.17) is 16.0 Å². The lowest BCUT2D eigenvalue weighted by molar-refractivity contribution is 0.0323. The third-order valence-corrected chi connectivity index (χ3v) is 6.39. The van der Waals surface area contributed by atoms with Crippen LogP contribution in [0.1, 0.15) is 13.8 Å². The Morgan fingerprint density at radius 3 is 2.77 bits per heavy atom. The monoisotopic (exact) mass is 482 g/mol. The molecule has 4 rings (SSSR count). The van der Waals surface area contributed by atoms with Gasteiger partial charge in [-0.2, -0.15) is 4.39 Å². The van der Waals surface area contributed by atoms with Crippen molar-refractivity contribution in [3.8, 4) is 5.75 Å². The molecule has 1 aromatic heterocycles. The van der Waals surface area contributed by atoms with Crippen LogP contribution in [0.4, 0.5) is 26.2 Å². The molecule has 0 spiro atoms. The summed E-state index contributed by atoms with van der Waals surface area (Å²) in [7, 11) is 0. The number of nitrogens with one attached hydrogen (secondary N) is 1. The number of hydrogen-bond acceptors (Lipinski definition) is 6. The number of nitrogens with zero attached hydrogens (tertiary/aromatic N) is 5. The van der Waals surface area contributed by atoms with Gasteiger partial charge in [-0.3, -0.25) is 4.90 Å². The number of rotatable bonds is 6. The molecule has 0 aliphatic carbocycles. The molecule has 2 fully saturated rings. The van der Waals surface area contributed by atoms with Crippen LogP contribution in [0, 0.1) is 12.5 Å². The number of amides is 2. The van der Waals surface area contributed by atoms with Crippen LogP contribution < -0.4 is 15.0 Å². The van der Waals surface area contributed by atoms with Gasteiger partial charge in [0, 0.05) is 68.4 Å². The van der Waals surface area contributed by atoms with Crippen LogP contribution in [0.15, 0.2) is 36.5 Å². The van der Waals surface area contributed by atoms with Gasteiger partial charge in [0.1, 0.15) is 5.75 Å². The minimum atomic E-state index is -0.639. The van der Waals surface area contributed by atoms with E-state index in [1.54, 1.807) is 17.0 Å². The molecule has 0 bridgehead atoms. The van der Waals surface area contributed by atoms with Gasteiger partial charge in [0.25, 0.3) is 0 Å². The number of halogens is 1. The number of urea groups is 1. The molecular weight excluding hydrogens is 451 g/mol. The minimum absolute atomic E-state index is 0.0334. The molecule has 2 amide bonds. The zero-order valence-electron chi connectivity index (χ0n) is 20.1. The van der Waals surface area contributed by atoms with Crippen molar-refractivity contribution < 1.29 is 18.7 Å². The van der Waals surface area contributed by atoms with E-state index in [1.807, 2.05) is 19.1 Å². The van der Waals surface area contributed by atoms with E-state index in [2.05, 4.69) is 31.9 Å². The van der Waals surface area contributed by atoms with E-state index in [1.165, 1.54) is 12.3 Å². The van der Waals surface area contributed by atoms with Crippen LogP contribution in [0.3, 0.4) is 0 Å². The highest BCUT2D eigenvalue weighted by Crippen LogP contribution is 2.34. The number of ether oxygens (including phenoxy) is 2. The fraction of sp³-hybridized carbons (Fsp3) is 0.480. The summed E-state index contributed by atoms with van der Waals surface area (Å²) < 4.78 is 24.8. The van der Waals surface area contributed by atoms with Crippen LogP contribution >= 0.6 is 0 Å². The van der Waals surface area contributed by atoms with Crippen LogP contribution in [0.5, 0.6) is 5.75 Å². The molecule has 35 heavy (non-hydrogen) atoms. The van der Waals surface area contributed by atoms with Crippen molar-refractivity contribution in [2.75, 3.05) is 62.8 Å². The first-order valence-corrected chi connectivity index (χ1v) is 11.8. The van der Waals surface area contributed by atoms with Gasteiger partial charge in [-0.25, -0.2) is 14.6 Å². The van der Waals surface area contributed by atoms with Crippen LogP contribution in [-0.4, -0.2) is 85.4 Å². The summed E-state index contributed by atoms with van der Waals surface area (Å²) in [6, 6.07) is 8.08. The largest absolute Gasteiger partial charge is 0.503 e. The molecule has 1 N–H and O–H groups in total. The van der Waals surface area contributed by atoms with Crippen molar-refractivity contribution in [3.63, 3.8) is 0 Å². The number of anilines is 2. The third kappa shape index (κ3) is 6.18. The maximum Gasteiger partial charge on any atom is 0.322 e. The highest BCUT2D eigenvalue weighted by atomic mass is 19.1. The predicted molar refractivity (Wildman–Crippen MR) is 132 cm³/mol. The van der Waals surface area contributed by atoms with Gasteiger partial charge in [-0.1, -0.05) is 6.07 Å². The Bertz CT molecular complexity index is 1070. The van der Waals surface area contributed by atoms with Gasteiger partial charge in [0.05, 0.1) is 26.4 Å². The molecule has 3 heterocycles. The summed E-state index contributed by atoms with van der Waals surface area (Å²) in [5, 5.41) is 2.76. The molecular formula is C25H31FN6O3. The number of carbonyl (C=O) groups excluding carboxylic acids is 1. The van der Waals surface area contributed by atoms with Crippen LogP contribution in [-0.2, 0) is 4.74 Å². The average molecular weight is 483 g/mol. The van der Waals surface area contributed by atoms with E-state index in [-0.39, 0.29) is 18.1 Å². The lowest BCUT2D eigenvalue weighted by Gasteiger charge is -2.45. The second-order valence-corrected chi connectivity index (χ2v) is 8.87. The van der Waals surface area contributed by atoms with Crippen LogP contribution in [0.25, 0.3) is 4.85 Å². The first-order valence-electron chi connectivity index (χ1n) is 11.8. The van der Waals surface area contributed by atoms with Gasteiger partial charge in [-0.15, -0.1) is 0 Å². The lowest BCUT2D eigenvalue weighted by atomic mass is 10.1. The Morgan fingerprint density at radius 2 is 2.03 bits per heavy atom. The molecule has 2 aliphatic rings. The van der Waals surface area contributed by atoms with E-state index in [9.17, 15) is 9.18 Å². The molecule has 0 saturated carbocycles. The zero-order valence-corrected chi connectivity index (χ0v) is 20.1. The molecule has 10 heteroatoms. The zero-order chi connectivity index (χ0) is 24.8. The van der Waals surface area contributed by atoms with Gasteiger partial charge < -0.3 is 24.6 Å². The van der Waals surface area contributed by atoms with Crippen molar-refractivity contribution in [2.24, 2.45) is 0 Å². The van der Waals surface area contributed by atoms with Crippen molar-refractivity contribution in [3.05, 3.63) is 53.9 Å². The summed E-state index contributed by atoms with van der Waals surface area (Å²) in [6.45, 7) is 17.2. The first-order chi connectivity index (χ1) is 16.9. The van der Waals surface area contributed by atoms with Crippen molar-refractivity contribution >= 4 is 23.1 Å². The molecule has 9 nitrogen and oxygen atoms in total. The Morgan fingerprint density at radius 1 is 1.23 bits per heavy atom. The summed E-state index contributed by atoms with van der Waals surface area (Å²) in [6.07, 6.45) is 1.32. The number of benzene rings is 1. The van der Waals surface area contributed by atoms with Gasteiger partial charge >= 0.3 is 6.03 Å². The second-order valence-electron chi connectivity index (χ2n) is 8.87. The predicted octanol–water partition coefficient (Wildman–Crippen LogP) is 3.61. The summed E-state index contributed by atoms with van der Waals surface area (Å²) in [5.74, 6) is -0.0645. The summed E-state index contributed by atoms with van der Waals surface area (Å²) in [5.41, 5.74) is 1.81. The van der Waals surface area contributed by atoms with Crippen LogP contribution in [0.2, 0.25) is 0 Å². The van der Waals surface area contributed by atoms with Crippen molar-refractivity contribution in [1.82, 2.24) is 14.8 Å². The van der Waals surface area contributed by atoms with Crippen molar-refractivity contribution in [2.45, 2.75) is 25.9 Å². The smallest absolute Gasteiger partial charge is 0.322 e. The van der Waals surface area contributed by atoms with E-state index < -0.39 is 5.95 Å². The third-order valence-electron chi connectivity index (χ3n) is 6.39. The molecule has 0 unspecified atom stereocenters. The number of piperazine rings is 1. The Labute approximate surface area is 205 Å². The maximum absolute atomic E-state index is 13.4. The number of pyridine rings is 1. The summed E-state index contributed by atoms with van der Waals surface area (Å²) >= 11 is 0. The Balaban J connectivity index is 1.40. The van der Waals surface area contributed by atoms with E-state index >= 15 is 0 Å². The fourth-order valence-corrected chi connectivity index (χ4v) is 4.44. The highest BCUT2D eigenvalue weighted by molar-refractivity contribution is 5.89. The molecule has 2 aromatic rings. The second kappa shape index (κ2) is 11.3. The molecule has 2 aliphatic heterocycles. The fourth-order valence-electron chi connectivity index (χ4n) is 4.44. The topological polar surface area (TPSA) is 74.5 Å². The normalized spacial score (nSPS) is 20.9. The average Bonchev–Trinajstić information content (AvgIpc) is 2.86. The number of hydrogen-bond donors (Lipinski definition) is 1. The Hall–Kier alpha value is -3.42. The lowest BCUT2D eigenvalue weighted by Crippen LogP contribution is -2.59. The van der Waals surface area contributed by atoms with E-state index in [0.29, 0.717) is 36.8 Å². The standard InChI is InChI=1S/C25H31FN6O3/c1-18-17-32(25(33)29-20-6-7-28-24(26)14-20)19(2)16-31(18)21-4-5-22(27-3)23(15-21)35-13-10-30-8-11-34-12-9-30/h4-7,14-15,18-19H,8-13,16-17H2,1-2H3,(H,28,29,33)/t18-,19+/m0/s1. The molecule has 2 atom stereocenters. The van der Waals surface area contributed by atoms with Gasteiger partial charge in [0.2, 0.25) is 11.6 Å². The Kier molecular flexibility index (Phi) is 8.00. The maximum atomic E-state index is 13.4. The quantitative estimate of drug-likeness (QED) is 0.501. The number of carbonyl (C=O) groups is 1. The summed E-state index contributed by atoms with van der Waals surface area (Å²) in [4.78, 5) is 26.3. The first kappa shape index (κ1) is 24.7. The van der Waals surface area contributed by atoms with Crippen molar-refractivity contribution in [1.29, 1.82) is 0 Å². The number of morpholine rings is 1.